The van der Waals surface area contributed by atoms with Crippen molar-refractivity contribution in [2.45, 2.75) is 40.3 Å². The van der Waals surface area contributed by atoms with E-state index in [-0.39, 0.29) is 6.10 Å². The van der Waals surface area contributed by atoms with E-state index in [0.717, 1.165) is 18.8 Å². The van der Waals surface area contributed by atoms with E-state index < -0.39 is 0 Å². The van der Waals surface area contributed by atoms with E-state index in [1.54, 1.807) is 0 Å². The molecule has 0 amide bonds. The van der Waals surface area contributed by atoms with Gasteiger partial charge >= 0.3 is 0 Å². The maximum atomic E-state index is 5.70. The van der Waals surface area contributed by atoms with Gasteiger partial charge in [0, 0.05) is 24.9 Å². The molecule has 1 aromatic rings. The van der Waals surface area contributed by atoms with Crippen LogP contribution in [-0.4, -0.2) is 30.8 Å². The van der Waals surface area contributed by atoms with E-state index in [1.165, 1.54) is 5.56 Å². The van der Waals surface area contributed by atoms with Crippen LogP contribution in [0.2, 0.25) is 0 Å². The van der Waals surface area contributed by atoms with Crippen molar-refractivity contribution in [3.05, 3.63) is 23.4 Å². The Kier molecular flexibility index (Phi) is 6.68. The molecule has 0 bridgehead atoms. The van der Waals surface area contributed by atoms with Crippen molar-refractivity contribution in [1.82, 2.24) is 10.3 Å². The van der Waals surface area contributed by atoms with Crippen LogP contribution < -0.4 is 10.1 Å². The fourth-order valence-electron chi connectivity index (χ4n) is 1.60. The SMILES string of the molecule is CCNCc1ccc(OC(C)COCC)nc1C. The summed E-state index contributed by atoms with van der Waals surface area (Å²) in [6, 6.07) is 3.98. The summed E-state index contributed by atoms with van der Waals surface area (Å²) in [4.78, 5) is 4.46. The van der Waals surface area contributed by atoms with Crippen LogP contribution >= 0.6 is 0 Å². The van der Waals surface area contributed by atoms with E-state index in [2.05, 4.69) is 23.3 Å². The highest BCUT2D eigenvalue weighted by molar-refractivity contribution is 5.25. The second-order valence-electron chi connectivity index (χ2n) is 4.26. The first kappa shape index (κ1) is 14.9. The van der Waals surface area contributed by atoms with Crippen molar-refractivity contribution in [1.29, 1.82) is 0 Å². The molecule has 0 saturated heterocycles. The predicted octanol–water partition coefficient (Wildman–Crippen LogP) is 2.30. The van der Waals surface area contributed by atoms with Crippen molar-refractivity contribution in [3.63, 3.8) is 0 Å². The van der Waals surface area contributed by atoms with E-state index in [4.69, 9.17) is 9.47 Å². The number of aryl methyl sites for hydroxylation is 1. The highest BCUT2D eigenvalue weighted by Crippen LogP contribution is 2.13. The van der Waals surface area contributed by atoms with Gasteiger partial charge in [-0.25, -0.2) is 4.98 Å². The molecule has 18 heavy (non-hydrogen) atoms. The van der Waals surface area contributed by atoms with Crippen LogP contribution in [0.4, 0.5) is 0 Å². The van der Waals surface area contributed by atoms with E-state index in [0.29, 0.717) is 19.1 Å². The van der Waals surface area contributed by atoms with Crippen LogP contribution in [0.1, 0.15) is 32.0 Å². The Balaban J connectivity index is 2.55. The monoisotopic (exact) mass is 252 g/mol. The van der Waals surface area contributed by atoms with Crippen LogP contribution in [-0.2, 0) is 11.3 Å². The normalized spacial score (nSPS) is 12.4. The number of pyridine rings is 1. The minimum Gasteiger partial charge on any atom is -0.472 e. The molecule has 0 aliphatic rings. The lowest BCUT2D eigenvalue weighted by Gasteiger charge is -2.15. The van der Waals surface area contributed by atoms with Crippen LogP contribution in [0, 0.1) is 6.92 Å². The van der Waals surface area contributed by atoms with Crippen LogP contribution in [0.5, 0.6) is 5.88 Å². The van der Waals surface area contributed by atoms with Gasteiger partial charge in [0.25, 0.3) is 0 Å². The number of aromatic nitrogens is 1. The van der Waals surface area contributed by atoms with E-state index >= 15 is 0 Å². The number of hydrogen-bond donors (Lipinski definition) is 1. The van der Waals surface area contributed by atoms with Gasteiger partial charge in [-0.2, -0.15) is 0 Å². The molecule has 4 heteroatoms. The van der Waals surface area contributed by atoms with Crippen molar-refractivity contribution in [2.75, 3.05) is 19.8 Å². The Labute approximate surface area is 110 Å². The average molecular weight is 252 g/mol. The molecule has 1 rings (SSSR count). The molecule has 0 fully saturated rings. The minimum atomic E-state index is 0.0245. The summed E-state index contributed by atoms with van der Waals surface area (Å²) < 4.78 is 11.0. The lowest BCUT2D eigenvalue weighted by molar-refractivity contribution is 0.0632. The molecule has 0 aliphatic carbocycles. The number of hydrogen-bond acceptors (Lipinski definition) is 4. The molecule has 4 nitrogen and oxygen atoms in total. The third-order valence-corrected chi connectivity index (χ3v) is 2.61. The fourth-order valence-corrected chi connectivity index (χ4v) is 1.60. The van der Waals surface area contributed by atoms with Gasteiger partial charge in [-0.15, -0.1) is 0 Å². The molecule has 102 valence electrons. The highest BCUT2D eigenvalue weighted by Gasteiger charge is 2.07. The van der Waals surface area contributed by atoms with Crippen molar-refractivity contribution in [2.24, 2.45) is 0 Å². The van der Waals surface area contributed by atoms with Gasteiger partial charge in [0.1, 0.15) is 6.10 Å². The van der Waals surface area contributed by atoms with Crippen molar-refractivity contribution >= 4 is 0 Å². The molecule has 0 saturated carbocycles. The largest absolute Gasteiger partial charge is 0.472 e. The zero-order chi connectivity index (χ0) is 13.4. The summed E-state index contributed by atoms with van der Waals surface area (Å²) in [7, 11) is 0. The van der Waals surface area contributed by atoms with Gasteiger partial charge in [-0.05, 0) is 32.9 Å². The molecule has 1 aromatic heterocycles. The molecule has 0 aliphatic heterocycles. The molecular weight excluding hydrogens is 228 g/mol. The lowest BCUT2D eigenvalue weighted by atomic mass is 10.2. The Hall–Kier alpha value is -1.13. The molecule has 0 radical (unpaired) electrons. The molecule has 1 atom stereocenters. The number of rotatable bonds is 8. The number of nitrogens with one attached hydrogen (secondary N) is 1. The summed E-state index contributed by atoms with van der Waals surface area (Å²) >= 11 is 0. The highest BCUT2D eigenvalue weighted by atomic mass is 16.5. The second-order valence-corrected chi connectivity index (χ2v) is 4.26. The van der Waals surface area contributed by atoms with Crippen LogP contribution in [0.25, 0.3) is 0 Å². The zero-order valence-electron chi connectivity index (χ0n) is 11.8. The van der Waals surface area contributed by atoms with Gasteiger partial charge in [0.05, 0.1) is 6.61 Å². The molecule has 1 heterocycles. The lowest BCUT2D eigenvalue weighted by Crippen LogP contribution is -2.20. The Bertz CT molecular complexity index is 356. The summed E-state index contributed by atoms with van der Waals surface area (Å²) in [6.45, 7) is 11.2. The van der Waals surface area contributed by atoms with Gasteiger partial charge < -0.3 is 14.8 Å². The first-order valence-electron chi connectivity index (χ1n) is 6.59. The molecule has 0 aromatic carbocycles. The topological polar surface area (TPSA) is 43.4 Å². The van der Waals surface area contributed by atoms with Crippen molar-refractivity contribution < 1.29 is 9.47 Å². The summed E-state index contributed by atoms with van der Waals surface area (Å²) in [5.41, 5.74) is 2.22. The second kappa shape index (κ2) is 8.06. The first-order valence-corrected chi connectivity index (χ1v) is 6.59. The Morgan fingerprint density at radius 1 is 1.33 bits per heavy atom. The summed E-state index contributed by atoms with van der Waals surface area (Å²) in [6.07, 6.45) is 0.0245. The first-order chi connectivity index (χ1) is 8.67. The Morgan fingerprint density at radius 2 is 2.11 bits per heavy atom. The molecule has 0 spiro atoms. The zero-order valence-corrected chi connectivity index (χ0v) is 11.8. The molecule has 1 unspecified atom stereocenters. The van der Waals surface area contributed by atoms with Gasteiger partial charge in [0.15, 0.2) is 0 Å². The quantitative estimate of drug-likeness (QED) is 0.771. The van der Waals surface area contributed by atoms with Gasteiger partial charge in [-0.3, -0.25) is 0 Å². The average Bonchev–Trinajstić information content (AvgIpc) is 2.35. The van der Waals surface area contributed by atoms with E-state index in [9.17, 15) is 0 Å². The van der Waals surface area contributed by atoms with Gasteiger partial charge in [-0.1, -0.05) is 13.0 Å². The number of ether oxygens (including phenoxy) is 2. The van der Waals surface area contributed by atoms with E-state index in [1.807, 2.05) is 26.8 Å². The maximum absolute atomic E-state index is 5.70. The molecule has 1 N–H and O–H groups in total. The smallest absolute Gasteiger partial charge is 0.213 e. The standard InChI is InChI=1S/C14H24N2O2/c1-5-15-9-13-7-8-14(16-12(13)4)18-11(3)10-17-6-2/h7-8,11,15H,5-6,9-10H2,1-4H3. The summed E-state index contributed by atoms with van der Waals surface area (Å²) in [5, 5.41) is 3.29. The van der Waals surface area contributed by atoms with Crippen LogP contribution in [0.15, 0.2) is 12.1 Å². The third kappa shape index (κ3) is 5.02. The fraction of sp³-hybridized carbons (Fsp3) is 0.643. The third-order valence-electron chi connectivity index (χ3n) is 2.61. The maximum Gasteiger partial charge on any atom is 0.213 e. The van der Waals surface area contributed by atoms with Crippen molar-refractivity contribution in [3.8, 4) is 5.88 Å². The Morgan fingerprint density at radius 3 is 2.72 bits per heavy atom. The van der Waals surface area contributed by atoms with Gasteiger partial charge in [0.2, 0.25) is 5.88 Å². The molecular formula is C14H24N2O2. The van der Waals surface area contributed by atoms with Crippen LogP contribution in [0.3, 0.4) is 0 Å². The minimum absolute atomic E-state index is 0.0245. The summed E-state index contributed by atoms with van der Waals surface area (Å²) in [5.74, 6) is 0.667. The predicted molar refractivity (Wildman–Crippen MR) is 72.9 cm³/mol. The number of nitrogens with zero attached hydrogens (tertiary/aromatic N) is 1.